The van der Waals surface area contributed by atoms with Gasteiger partial charge in [-0.25, -0.2) is 0 Å². The summed E-state index contributed by atoms with van der Waals surface area (Å²) in [5, 5.41) is 0.956. The van der Waals surface area contributed by atoms with Gasteiger partial charge in [-0.05, 0) is 40.0 Å². The molecular formula is C11H21BrO2. The number of hydrogen-bond acceptors (Lipinski definition) is 2. The molecule has 3 heteroatoms. The lowest BCUT2D eigenvalue weighted by molar-refractivity contribution is 0.0124. The van der Waals surface area contributed by atoms with Crippen LogP contribution in [-0.4, -0.2) is 29.7 Å². The number of epoxide rings is 1. The Morgan fingerprint density at radius 3 is 2.57 bits per heavy atom. The molecule has 1 rings (SSSR count). The highest BCUT2D eigenvalue weighted by molar-refractivity contribution is 9.09. The SMILES string of the molecule is COC(C)(C)CCC[C@]1(C)O[C@H]1CBr. The van der Waals surface area contributed by atoms with E-state index < -0.39 is 0 Å². The number of hydrogen-bond donors (Lipinski definition) is 0. The quantitative estimate of drug-likeness (QED) is 0.543. The number of halogens is 1. The van der Waals surface area contributed by atoms with E-state index in [1.165, 1.54) is 6.42 Å². The zero-order valence-corrected chi connectivity index (χ0v) is 11.2. The first-order valence-electron chi connectivity index (χ1n) is 5.22. The van der Waals surface area contributed by atoms with Crippen LogP contribution in [0.4, 0.5) is 0 Å². The lowest BCUT2D eigenvalue weighted by Gasteiger charge is -2.23. The standard InChI is InChI=1S/C11H21BrO2/c1-10(2,13-4)6-5-7-11(3)9(8-12)14-11/h9H,5-8H2,1-4H3/t9-,11-/m0/s1. The highest BCUT2D eigenvalue weighted by Crippen LogP contribution is 2.41. The van der Waals surface area contributed by atoms with Crippen LogP contribution in [0.3, 0.4) is 0 Å². The molecule has 1 heterocycles. The minimum atomic E-state index is 0.00908. The van der Waals surface area contributed by atoms with Crippen LogP contribution >= 0.6 is 15.9 Å². The molecule has 0 aromatic carbocycles. The fraction of sp³-hybridized carbons (Fsp3) is 1.00. The van der Waals surface area contributed by atoms with Crippen molar-refractivity contribution in [3.05, 3.63) is 0 Å². The fourth-order valence-electron chi connectivity index (χ4n) is 1.67. The molecule has 0 aromatic heterocycles. The van der Waals surface area contributed by atoms with Gasteiger partial charge >= 0.3 is 0 Å². The molecule has 1 aliphatic heterocycles. The third-order valence-corrected chi connectivity index (χ3v) is 3.77. The lowest BCUT2D eigenvalue weighted by atomic mass is 9.95. The Morgan fingerprint density at radius 1 is 1.50 bits per heavy atom. The van der Waals surface area contributed by atoms with Crippen LogP contribution in [-0.2, 0) is 9.47 Å². The molecule has 14 heavy (non-hydrogen) atoms. The number of alkyl halides is 1. The maximum atomic E-state index is 5.61. The van der Waals surface area contributed by atoms with Crippen molar-refractivity contribution in [2.75, 3.05) is 12.4 Å². The van der Waals surface area contributed by atoms with Gasteiger partial charge < -0.3 is 9.47 Å². The summed E-state index contributed by atoms with van der Waals surface area (Å²) in [6.45, 7) is 6.45. The molecule has 2 atom stereocenters. The number of ether oxygens (including phenoxy) is 2. The van der Waals surface area contributed by atoms with Crippen molar-refractivity contribution in [3.63, 3.8) is 0 Å². The zero-order chi connectivity index (χ0) is 10.8. The predicted octanol–water partition coefficient (Wildman–Crippen LogP) is 3.13. The van der Waals surface area contributed by atoms with Crippen LogP contribution in [0.1, 0.15) is 40.0 Å². The Balaban J connectivity index is 2.17. The summed E-state index contributed by atoms with van der Waals surface area (Å²) in [5.74, 6) is 0. The molecule has 0 bridgehead atoms. The van der Waals surface area contributed by atoms with Gasteiger partial charge in [0.05, 0.1) is 17.3 Å². The largest absolute Gasteiger partial charge is 0.379 e. The van der Waals surface area contributed by atoms with E-state index in [0.717, 1.165) is 18.2 Å². The van der Waals surface area contributed by atoms with Gasteiger partial charge in [-0.3, -0.25) is 0 Å². The summed E-state index contributed by atoms with van der Waals surface area (Å²) >= 11 is 3.45. The number of rotatable bonds is 6. The molecule has 0 amide bonds. The number of methoxy groups -OCH3 is 1. The minimum absolute atomic E-state index is 0.00908. The third-order valence-electron chi connectivity index (χ3n) is 3.18. The smallest absolute Gasteiger partial charge is 0.0967 e. The zero-order valence-electron chi connectivity index (χ0n) is 9.60. The van der Waals surface area contributed by atoms with Crippen LogP contribution in [0.25, 0.3) is 0 Å². The van der Waals surface area contributed by atoms with Gasteiger partial charge in [0.15, 0.2) is 0 Å². The summed E-state index contributed by atoms with van der Waals surface area (Å²) < 4.78 is 11.0. The van der Waals surface area contributed by atoms with E-state index in [1.54, 1.807) is 7.11 Å². The van der Waals surface area contributed by atoms with Crippen LogP contribution in [0.15, 0.2) is 0 Å². The predicted molar refractivity (Wildman–Crippen MR) is 62.0 cm³/mol. The second-order valence-corrected chi connectivity index (χ2v) is 5.54. The van der Waals surface area contributed by atoms with Gasteiger partial charge in [0.2, 0.25) is 0 Å². The second kappa shape index (κ2) is 4.50. The average molecular weight is 265 g/mol. The van der Waals surface area contributed by atoms with E-state index in [9.17, 15) is 0 Å². The molecule has 0 unspecified atom stereocenters. The summed E-state index contributed by atoms with van der Waals surface area (Å²) in [6.07, 6.45) is 3.82. The topological polar surface area (TPSA) is 21.8 Å². The molecule has 0 aromatic rings. The molecule has 1 aliphatic rings. The Morgan fingerprint density at radius 2 is 2.14 bits per heavy atom. The monoisotopic (exact) mass is 264 g/mol. The molecular weight excluding hydrogens is 244 g/mol. The first kappa shape index (κ1) is 12.5. The Hall–Kier alpha value is 0.400. The van der Waals surface area contributed by atoms with Crippen LogP contribution in [0.5, 0.6) is 0 Å². The normalized spacial score (nSPS) is 31.9. The first-order chi connectivity index (χ1) is 6.43. The Labute approximate surface area is 95.5 Å². The van der Waals surface area contributed by atoms with Crippen molar-refractivity contribution in [3.8, 4) is 0 Å². The molecule has 2 nitrogen and oxygen atoms in total. The van der Waals surface area contributed by atoms with Crippen molar-refractivity contribution in [2.45, 2.75) is 57.3 Å². The van der Waals surface area contributed by atoms with E-state index in [1.807, 2.05) is 0 Å². The summed E-state index contributed by atoms with van der Waals surface area (Å²) in [7, 11) is 1.77. The Bertz CT molecular complexity index is 194. The summed E-state index contributed by atoms with van der Waals surface area (Å²) in [6, 6.07) is 0. The average Bonchev–Trinajstić information content (AvgIpc) is 2.77. The van der Waals surface area contributed by atoms with Crippen LogP contribution < -0.4 is 0 Å². The maximum Gasteiger partial charge on any atom is 0.0967 e. The van der Waals surface area contributed by atoms with E-state index in [2.05, 4.69) is 36.7 Å². The summed E-state index contributed by atoms with van der Waals surface area (Å²) in [4.78, 5) is 0. The Kier molecular flexibility index (Phi) is 4.01. The van der Waals surface area contributed by atoms with E-state index in [0.29, 0.717) is 6.10 Å². The van der Waals surface area contributed by atoms with Gasteiger partial charge in [-0.15, -0.1) is 0 Å². The third kappa shape index (κ3) is 3.21. The summed E-state index contributed by atoms with van der Waals surface area (Å²) in [5.41, 5.74) is 0.141. The van der Waals surface area contributed by atoms with Gasteiger partial charge in [-0.1, -0.05) is 15.9 Å². The molecule has 0 radical (unpaired) electrons. The van der Waals surface area contributed by atoms with Crippen molar-refractivity contribution < 1.29 is 9.47 Å². The van der Waals surface area contributed by atoms with Crippen molar-refractivity contribution >= 4 is 15.9 Å². The van der Waals surface area contributed by atoms with Gasteiger partial charge in [0.1, 0.15) is 0 Å². The molecule has 84 valence electrons. The fourth-order valence-corrected chi connectivity index (χ4v) is 2.49. The first-order valence-corrected chi connectivity index (χ1v) is 6.34. The highest BCUT2D eigenvalue weighted by atomic mass is 79.9. The van der Waals surface area contributed by atoms with Crippen LogP contribution in [0, 0.1) is 0 Å². The molecule has 1 fully saturated rings. The van der Waals surface area contributed by atoms with Crippen molar-refractivity contribution in [1.82, 2.24) is 0 Å². The minimum Gasteiger partial charge on any atom is -0.379 e. The van der Waals surface area contributed by atoms with Gasteiger partial charge in [-0.2, -0.15) is 0 Å². The van der Waals surface area contributed by atoms with Crippen molar-refractivity contribution in [2.24, 2.45) is 0 Å². The van der Waals surface area contributed by atoms with Gasteiger partial charge in [0.25, 0.3) is 0 Å². The van der Waals surface area contributed by atoms with E-state index >= 15 is 0 Å². The molecule has 0 aliphatic carbocycles. The molecule has 1 saturated heterocycles. The van der Waals surface area contributed by atoms with Crippen LogP contribution in [0.2, 0.25) is 0 Å². The van der Waals surface area contributed by atoms with Gasteiger partial charge in [0, 0.05) is 12.4 Å². The molecule has 0 saturated carbocycles. The maximum absolute atomic E-state index is 5.61. The molecule has 0 N–H and O–H groups in total. The second-order valence-electron chi connectivity index (χ2n) is 4.89. The molecule has 0 spiro atoms. The van der Waals surface area contributed by atoms with E-state index in [4.69, 9.17) is 9.47 Å². The highest BCUT2D eigenvalue weighted by Gasteiger charge is 2.50. The van der Waals surface area contributed by atoms with E-state index in [-0.39, 0.29) is 11.2 Å². The van der Waals surface area contributed by atoms with Crippen molar-refractivity contribution in [1.29, 1.82) is 0 Å². The lowest BCUT2D eigenvalue weighted by Crippen LogP contribution is -2.23.